The van der Waals surface area contributed by atoms with Crippen molar-refractivity contribution in [2.75, 3.05) is 0 Å². The summed E-state index contributed by atoms with van der Waals surface area (Å²) in [5.41, 5.74) is 0. The highest BCUT2D eigenvalue weighted by molar-refractivity contribution is 5.66. The number of rotatable bonds is 24. The molecule has 0 fully saturated rings. The lowest BCUT2D eigenvalue weighted by molar-refractivity contribution is -0.137. The molecule has 0 saturated carbocycles. The first-order chi connectivity index (χ1) is 14.3. The van der Waals surface area contributed by atoms with Crippen LogP contribution in [0.2, 0.25) is 0 Å². The molecule has 0 aliphatic carbocycles. The van der Waals surface area contributed by atoms with Gasteiger partial charge in [-0.1, -0.05) is 128 Å². The van der Waals surface area contributed by atoms with E-state index in [1.165, 1.54) is 128 Å². The highest BCUT2D eigenvalue weighted by atomic mass is 16.4. The van der Waals surface area contributed by atoms with Gasteiger partial charge in [-0.25, -0.2) is 0 Å². The second-order valence-corrected chi connectivity index (χ2v) is 8.91. The Morgan fingerprint density at radius 2 is 0.828 bits per heavy atom. The second kappa shape index (κ2) is 25.2. The van der Waals surface area contributed by atoms with Crippen molar-refractivity contribution in [3.8, 4) is 0 Å². The molecular formula is C27H52O2. The van der Waals surface area contributed by atoms with Gasteiger partial charge in [-0.05, 0) is 32.1 Å². The highest BCUT2D eigenvalue weighted by Crippen LogP contribution is 2.14. The molecule has 0 bridgehead atoms. The van der Waals surface area contributed by atoms with E-state index in [-0.39, 0.29) is 0 Å². The van der Waals surface area contributed by atoms with E-state index in [9.17, 15) is 4.79 Å². The first-order valence-electron chi connectivity index (χ1n) is 13.1. The van der Waals surface area contributed by atoms with Gasteiger partial charge in [0.15, 0.2) is 0 Å². The summed E-state index contributed by atoms with van der Waals surface area (Å²) in [6.45, 7) is 2.28. The molecule has 29 heavy (non-hydrogen) atoms. The zero-order valence-corrected chi connectivity index (χ0v) is 19.8. The summed E-state index contributed by atoms with van der Waals surface area (Å²) in [6.07, 6.45) is 34.5. The molecular weight excluding hydrogens is 356 g/mol. The number of unbranched alkanes of at least 4 members (excludes halogenated alkanes) is 20. The van der Waals surface area contributed by atoms with E-state index in [2.05, 4.69) is 19.1 Å². The molecule has 0 radical (unpaired) electrons. The summed E-state index contributed by atoms with van der Waals surface area (Å²) in [4.78, 5) is 10.4. The molecule has 172 valence electrons. The van der Waals surface area contributed by atoms with Gasteiger partial charge >= 0.3 is 5.97 Å². The van der Waals surface area contributed by atoms with Gasteiger partial charge < -0.3 is 5.11 Å². The van der Waals surface area contributed by atoms with Crippen LogP contribution in [0.3, 0.4) is 0 Å². The number of hydrogen-bond acceptors (Lipinski definition) is 1. The van der Waals surface area contributed by atoms with Gasteiger partial charge in [-0.15, -0.1) is 0 Å². The van der Waals surface area contributed by atoms with Crippen molar-refractivity contribution in [1.29, 1.82) is 0 Å². The van der Waals surface area contributed by atoms with Crippen LogP contribution in [0.4, 0.5) is 0 Å². The van der Waals surface area contributed by atoms with Crippen LogP contribution in [0.1, 0.15) is 155 Å². The quantitative estimate of drug-likeness (QED) is 0.127. The molecule has 0 aromatic heterocycles. The normalized spacial score (nSPS) is 11.5. The fourth-order valence-corrected chi connectivity index (χ4v) is 3.94. The molecule has 0 aromatic rings. The van der Waals surface area contributed by atoms with E-state index >= 15 is 0 Å². The lowest BCUT2D eigenvalue weighted by Crippen LogP contribution is -1.93. The first kappa shape index (κ1) is 28.2. The number of allylic oxidation sites excluding steroid dienone is 2. The standard InChI is InChI=1S/C27H52O2/c1-2-3-4-5-6-7-8-9-10-11-12-13-14-15-16-17-18-19-20-21-22-23-24-25-26-27(28)29/h8-9H,2-7,10-26H2,1H3,(H,28,29). The smallest absolute Gasteiger partial charge is 0.303 e. The average Bonchev–Trinajstić information content (AvgIpc) is 2.71. The zero-order chi connectivity index (χ0) is 21.3. The van der Waals surface area contributed by atoms with Crippen molar-refractivity contribution in [2.24, 2.45) is 0 Å². The second-order valence-electron chi connectivity index (χ2n) is 8.91. The Morgan fingerprint density at radius 1 is 0.517 bits per heavy atom. The molecule has 0 saturated heterocycles. The number of carboxylic acids is 1. The van der Waals surface area contributed by atoms with E-state index in [1.807, 2.05) is 0 Å². The minimum Gasteiger partial charge on any atom is -0.481 e. The highest BCUT2D eigenvalue weighted by Gasteiger charge is 1.97. The van der Waals surface area contributed by atoms with Gasteiger partial charge in [0.25, 0.3) is 0 Å². The molecule has 0 atom stereocenters. The van der Waals surface area contributed by atoms with Crippen LogP contribution in [0.25, 0.3) is 0 Å². The molecule has 2 nitrogen and oxygen atoms in total. The van der Waals surface area contributed by atoms with Crippen LogP contribution < -0.4 is 0 Å². The van der Waals surface area contributed by atoms with Crippen LogP contribution in [0.5, 0.6) is 0 Å². The van der Waals surface area contributed by atoms with Gasteiger partial charge in [-0.2, -0.15) is 0 Å². The van der Waals surface area contributed by atoms with Crippen LogP contribution in [-0.2, 0) is 4.79 Å². The maximum Gasteiger partial charge on any atom is 0.303 e. The molecule has 0 amide bonds. The molecule has 0 aliphatic heterocycles. The maximum atomic E-state index is 10.4. The molecule has 0 unspecified atom stereocenters. The van der Waals surface area contributed by atoms with Crippen LogP contribution in [0, 0.1) is 0 Å². The summed E-state index contributed by atoms with van der Waals surface area (Å²) >= 11 is 0. The number of hydrogen-bond donors (Lipinski definition) is 1. The minimum atomic E-state index is -0.652. The number of carbonyl (C=O) groups is 1. The predicted octanol–water partition coefficient (Wildman–Crippen LogP) is 9.62. The van der Waals surface area contributed by atoms with E-state index in [4.69, 9.17) is 5.11 Å². The Kier molecular flexibility index (Phi) is 24.6. The van der Waals surface area contributed by atoms with Crippen molar-refractivity contribution < 1.29 is 9.90 Å². The van der Waals surface area contributed by atoms with Crippen molar-refractivity contribution in [2.45, 2.75) is 155 Å². The van der Waals surface area contributed by atoms with Crippen molar-refractivity contribution in [3.63, 3.8) is 0 Å². The average molecular weight is 409 g/mol. The SMILES string of the molecule is CCCCCCCC=CCCCCCCCCCCCCCCCCCC(=O)O. The van der Waals surface area contributed by atoms with E-state index in [1.54, 1.807) is 0 Å². The molecule has 0 spiro atoms. The third-order valence-corrected chi connectivity index (χ3v) is 5.90. The van der Waals surface area contributed by atoms with Gasteiger partial charge in [-0.3, -0.25) is 4.79 Å². The summed E-state index contributed by atoms with van der Waals surface area (Å²) in [6, 6.07) is 0. The van der Waals surface area contributed by atoms with E-state index in [0.717, 1.165) is 12.8 Å². The fourth-order valence-electron chi connectivity index (χ4n) is 3.94. The molecule has 0 aromatic carbocycles. The molecule has 1 N–H and O–H groups in total. The lowest BCUT2D eigenvalue weighted by Gasteiger charge is -2.03. The third-order valence-electron chi connectivity index (χ3n) is 5.90. The Labute approximate surface area is 182 Å². The Bertz CT molecular complexity index is 348. The van der Waals surface area contributed by atoms with E-state index < -0.39 is 5.97 Å². The zero-order valence-electron chi connectivity index (χ0n) is 19.8. The Balaban J connectivity index is 3.05. The summed E-state index contributed by atoms with van der Waals surface area (Å²) < 4.78 is 0. The molecule has 0 aliphatic rings. The van der Waals surface area contributed by atoms with Gasteiger partial charge in [0.1, 0.15) is 0 Å². The molecule has 2 heteroatoms. The van der Waals surface area contributed by atoms with Crippen LogP contribution in [-0.4, -0.2) is 11.1 Å². The monoisotopic (exact) mass is 408 g/mol. The summed E-state index contributed by atoms with van der Waals surface area (Å²) in [7, 11) is 0. The Hall–Kier alpha value is -0.790. The third kappa shape index (κ3) is 27.2. The maximum absolute atomic E-state index is 10.4. The minimum absolute atomic E-state index is 0.344. The van der Waals surface area contributed by atoms with Crippen LogP contribution >= 0.6 is 0 Å². The predicted molar refractivity (Wildman–Crippen MR) is 129 cm³/mol. The van der Waals surface area contributed by atoms with Crippen molar-refractivity contribution in [1.82, 2.24) is 0 Å². The lowest BCUT2D eigenvalue weighted by atomic mass is 10.0. The first-order valence-corrected chi connectivity index (χ1v) is 13.1. The van der Waals surface area contributed by atoms with E-state index in [0.29, 0.717) is 6.42 Å². The number of carboxylic acid groups (broad SMARTS) is 1. The molecule has 0 heterocycles. The Morgan fingerprint density at radius 3 is 1.17 bits per heavy atom. The summed E-state index contributed by atoms with van der Waals surface area (Å²) in [5, 5.41) is 8.59. The largest absolute Gasteiger partial charge is 0.481 e. The van der Waals surface area contributed by atoms with Crippen molar-refractivity contribution >= 4 is 5.97 Å². The van der Waals surface area contributed by atoms with Gasteiger partial charge in [0.2, 0.25) is 0 Å². The number of aliphatic carboxylic acids is 1. The summed E-state index contributed by atoms with van der Waals surface area (Å²) in [5.74, 6) is -0.652. The van der Waals surface area contributed by atoms with Crippen LogP contribution in [0.15, 0.2) is 12.2 Å². The van der Waals surface area contributed by atoms with Gasteiger partial charge in [0, 0.05) is 6.42 Å². The van der Waals surface area contributed by atoms with Crippen molar-refractivity contribution in [3.05, 3.63) is 12.2 Å². The van der Waals surface area contributed by atoms with Gasteiger partial charge in [0.05, 0.1) is 0 Å². The fraction of sp³-hybridized carbons (Fsp3) is 0.889. The topological polar surface area (TPSA) is 37.3 Å². The molecule has 0 rings (SSSR count).